The van der Waals surface area contributed by atoms with E-state index < -0.39 is 0 Å². The summed E-state index contributed by atoms with van der Waals surface area (Å²) in [7, 11) is 0. The van der Waals surface area contributed by atoms with Crippen molar-refractivity contribution in [2.75, 3.05) is 26.2 Å². The summed E-state index contributed by atoms with van der Waals surface area (Å²) in [4.78, 5) is 4.08. The van der Waals surface area contributed by atoms with Crippen molar-refractivity contribution in [3.63, 3.8) is 0 Å². The fourth-order valence-corrected chi connectivity index (χ4v) is 4.03. The minimum absolute atomic E-state index is 0.274. The maximum absolute atomic E-state index is 4.08. The molecule has 0 aromatic heterocycles. The lowest BCUT2D eigenvalue weighted by molar-refractivity contribution is 0.331. The number of hydrogen-bond donors (Lipinski definition) is 2. The van der Waals surface area contributed by atoms with Crippen molar-refractivity contribution >= 4 is 6.21 Å². The summed E-state index contributed by atoms with van der Waals surface area (Å²) in [6.07, 6.45) is 16.7. The molecule has 0 radical (unpaired) electrons. The van der Waals surface area contributed by atoms with Gasteiger partial charge in [0.2, 0.25) is 0 Å². The lowest BCUT2D eigenvalue weighted by Crippen LogP contribution is -2.19. The third kappa shape index (κ3) is 9.38. The van der Waals surface area contributed by atoms with Gasteiger partial charge in [0.15, 0.2) is 0 Å². The first kappa shape index (κ1) is 24.4. The van der Waals surface area contributed by atoms with Gasteiger partial charge in [0.05, 0.1) is 0 Å². The van der Waals surface area contributed by atoms with Crippen LogP contribution in [0.1, 0.15) is 92.9 Å². The Kier molecular flexibility index (Phi) is 10.8. The van der Waals surface area contributed by atoms with Gasteiger partial charge >= 0.3 is 0 Å². The van der Waals surface area contributed by atoms with Gasteiger partial charge in [0.25, 0.3) is 0 Å². The van der Waals surface area contributed by atoms with Gasteiger partial charge in [0, 0.05) is 30.9 Å². The van der Waals surface area contributed by atoms with Crippen LogP contribution in [-0.4, -0.2) is 32.4 Å². The Bertz CT molecular complexity index is 429. The molecular weight excluding hydrogens is 330 g/mol. The Morgan fingerprint density at radius 3 is 1.85 bits per heavy atom. The molecule has 3 aliphatic rings. The van der Waals surface area contributed by atoms with Gasteiger partial charge in [0.1, 0.15) is 0 Å². The van der Waals surface area contributed by atoms with E-state index in [-0.39, 0.29) is 5.41 Å². The van der Waals surface area contributed by atoms with E-state index in [1.54, 1.807) is 0 Å². The minimum Gasteiger partial charge on any atom is -0.316 e. The lowest BCUT2D eigenvalue weighted by Gasteiger charge is -2.20. The highest BCUT2D eigenvalue weighted by Crippen LogP contribution is 2.29. The van der Waals surface area contributed by atoms with Gasteiger partial charge in [-0.25, -0.2) is 0 Å². The Morgan fingerprint density at radius 1 is 0.852 bits per heavy atom. The van der Waals surface area contributed by atoms with Crippen molar-refractivity contribution in [2.24, 2.45) is 21.2 Å². The zero-order valence-corrected chi connectivity index (χ0v) is 19.2. The first-order chi connectivity index (χ1) is 12.8. The van der Waals surface area contributed by atoms with Gasteiger partial charge < -0.3 is 10.6 Å². The van der Waals surface area contributed by atoms with E-state index in [9.17, 15) is 0 Å². The molecule has 0 saturated carbocycles. The molecule has 0 bridgehead atoms. The van der Waals surface area contributed by atoms with E-state index in [2.05, 4.69) is 63.2 Å². The molecule has 158 valence electrons. The average molecular weight is 378 g/mol. The van der Waals surface area contributed by atoms with Gasteiger partial charge in [-0.1, -0.05) is 66.9 Å². The normalized spacial score (nSPS) is 34.1. The van der Waals surface area contributed by atoms with Crippen molar-refractivity contribution in [3.8, 4) is 0 Å². The topological polar surface area (TPSA) is 36.4 Å². The maximum atomic E-state index is 4.08. The largest absolute Gasteiger partial charge is 0.316 e. The van der Waals surface area contributed by atoms with Crippen LogP contribution in [0.3, 0.4) is 0 Å². The molecular formula is C24H47N3. The maximum Gasteiger partial charge on any atom is 0.0233 e. The molecule has 3 unspecified atom stereocenters. The number of hydrogen-bond acceptors (Lipinski definition) is 3. The Balaban J connectivity index is 0.000000204. The number of unbranched alkanes of at least 4 members (excludes halogenated alkanes) is 1. The van der Waals surface area contributed by atoms with Crippen LogP contribution >= 0.6 is 0 Å². The van der Waals surface area contributed by atoms with E-state index in [0.717, 1.165) is 0 Å². The summed E-state index contributed by atoms with van der Waals surface area (Å²) in [5, 5.41) is 6.76. The van der Waals surface area contributed by atoms with Crippen molar-refractivity contribution in [1.29, 1.82) is 0 Å². The number of allylic oxidation sites excluding steroid dienone is 1. The van der Waals surface area contributed by atoms with E-state index >= 15 is 0 Å². The predicted molar refractivity (Wildman–Crippen MR) is 122 cm³/mol. The van der Waals surface area contributed by atoms with Crippen LogP contribution in [0.25, 0.3) is 0 Å². The number of rotatable bonds is 6. The Labute approximate surface area is 169 Å². The highest BCUT2D eigenvalue weighted by molar-refractivity contribution is 5.71. The first-order valence-electron chi connectivity index (χ1n) is 11.4. The first-order valence-corrected chi connectivity index (χ1v) is 11.4. The highest BCUT2D eigenvalue weighted by Gasteiger charge is 2.27. The highest BCUT2D eigenvalue weighted by atomic mass is 14.9. The zero-order valence-electron chi connectivity index (χ0n) is 19.2. The smallest absolute Gasteiger partial charge is 0.0233 e. The molecule has 0 aliphatic carbocycles. The number of nitrogens with one attached hydrogen (secondary N) is 2. The summed E-state index contributed by atoms with van der Waals surface area (Å²) < 4.78 is 0. The molecule has 3 rings (SSSR count). The second kappa shape index (κ2) is 12.0. The zero-order chi connectivity index (χ0) is 20.2. The van der Waals surface area contributed by atoms with Crippen LogP contribution in [-0.2, 0) is 0 Å². The van der Waals surface area contributed by atoms with Gasteiger partial charge in [-0.15, -0.1) is 0 Å². The summed E-state index contributed by atoms with van der Waals surface area (Å²) >= 11 is 0. The van der Waals surface area contributed by atoms with Crippen LogP contribution in [0.2, 0.25) is 0 Å². The molecule has 3 nitrogen and oxygen atoms in total. The van der Waals surface area contributed by atoms with Crippen molar-refractivity contribution in [3.05, 3.63) is 12.3 Å². The minimum atomic E-state index is 0.274. The van der Waals surface area contributed by atoms with Crippen LogP contribution in [0, 0.1) is 16.2 Å². The quantitative estimate of drug-likeness (QED) is 0.599. The van der Waals surface area contributed by atoms with E-state index in [1.807, 2.05) is 12.4 Å². The molecule has 27 heavy (non-hydrogen) atoms. The molecule has 3 aliphatic heterocycles. The molecule has 0 aromatic carbocycles. The van der Waals surface area contributed by atoms with Gasteiger partial charge in [-0.2, -0.15) is 0 Å². The van der Waals surface area contributed by atoms with Crippen LogP contribution in [0.15, 0.2) is 17.3 Å². The standard InChI is InChI=1S/C9H15N.C8H17N.C7H15N/c1-3-4-5-9(2)6-7-10-8-9;1-3-4-8(2)5-6-9-7-8;1-3-7(2)4-5-8-6-7/h6-8H,3-5H2,1-2H3;9H,3-7H2,1-2H3;8H,3-6H2,1-2H3. The van der Waals surface area contributed by atoms with E-state index in [1.165, 1.54) is 77.5 Å². The van der Waals surface area contributed by atoms with Gasteiger partial charge in [-0.3, -0.25) is 4.99 Å². The second-order valence-electron chi connectivity index (χ2n) is 9.78. The average Bonchev–Trinajstić information content (AvgIpc) is 3.38. The molecule has 0 aromatic rings. The number of aliphatic imine (C=N–C) groups is 1. The van der Waals surface area contributed by atoms with Gasteiger partial charge in [-0.05, 0) is 56.0 Å². The third-order valence-electron chi connectivity index (χ3n) is 6.60. The summed E-state index contributed by atoms with van der Waals surface area (Å²) in [6.45, 7) is 18.7. The Morgan fingerprint density at radius 2 is 1.48 bits per heavy atom. The van der Waals surface area contributed by atoms with Crippen LogP contribution in [0.5, 0.6) is 0 Å². The van der Waals surface area contributed by atoms with E-state index in [0.29, 0.717) is 10.8 Å². The van der Waals surface area contributed by atoms with Crippen LogP contribution < -0.4 is 10.6 Å². The van der Waals surface area contributed by atoms with E-state index in [4.69, 9.17) is 0 Å². The fraction of sp³-hybridized carbons (Fsp3) is 0.875. The lowest BCUT2D eigenvalue weighted by atomic mass is 9.85. The SMILES string of the molecule is CCC1(C)CCNC1.CCCC1(C)CCNC1.CCCCC1(C)C=CN=C1. The fourth-order valence-electron chi connectivity index (χ4n) is 4.03. The molecule has 2 saturated heterocycles. The summed E-state index contributed by atoms with van der Waals surface area (Å²) in [5.41, 5.74) is 1.53. The molecule has 0 spiro atoms. The van der Waals surface area contributed by atoms with Crippen LogP contribution in [0.4, 0.5) is 0 Å². The van der Waals surface area contributed by atoms with Crippen molar-refractivity contribution in [2.45, 2.75) is 92.9 Å². The van der Waals surface area contributed by atoms with Crippen molar-refractivity contribution < 1.29 is 0 Å². The second-order valence-corrected chi connectivity index (χ2v) is 9.78. The number of nitrogens with zero attached hydrogens (tertiary/aromatic N) is 1. The Hall–Kier alpha value is -0.670. The molecule has 2 N–H and O–H groups in total. The van der Waals surface area contributed by atoms with Crippen molar-refractivity contribution in [1.82, 2.24) is 10.6 Å². The molecule has 3 atom stereocenters. The monoisotopic (exact) mass is 377 g/mol. The molecule has 2 fully saturated rings. The summed E-state index contributed by atoms with van der Waals surface area (Å²) in [5.74, 6) is 0. The predicted octanol–water partition coefficient (Wildman–Crippen LogP) is 5.96. The molecule has 3 heteroatoms. The molecule has 0 amide bonds. The summed E-state index contributed by atoms with van der Waals surface area (Å²) in [6, 6.07) is 0. The third-order valence-corrected chi connectivity index (χ3v) is 6.60. The molecule has 3 heterocycles.